The summed E-state index contributed by atoms with van der Waals surface area (Å²) >= 11 is 6.31. The Kier molecular flexibility index (Phi) is 5.70. The van der Waals surface area contributed by atoms with Crippen molar-refractivity contribution in [2.24, 2.45) is 5.92 Å². The number of pyridine rings is 1. The summed E-state index contributed by atoms with van der Waals surface area (Å²) < 4.78 is 34.3. The number of hydrogen-bond acceptors (Lipinski definition) is 5. The summed E-state index contributed by atoms with van der Waals surface area (Å²) in [6, 6.07) is 5.84. The molecule has 4 heterocycles. The highest BCUT2D eigenvalue weighted by Gasteiger charge is 2.45. The van der Waals surface area contributed by atoms with Gasteiger partial charge in [-0.05, 0) is 55.9 Å². The second-order valence-electron chi connectivity index (χ2n) is 8.55. The van der Waals surface area contributed by atoms with Crippen LogP contribution in [0.15, 0.2) is 42.9 Å². The van der Waals surface area contributed by atoms with Gasteiger partial charge in [-0.15, -0.1) is 0 Å². The van der Waals surface area contributed by atoms with Gasteiger partial charge < -0.3 is 9.64 Å². The van der Waals surface area contributed by atoms with Crippen LogP contribution in [-0.4, -0.2) is 44.4 Å². The average molecular weight is 471 g/mol. The molecular formula is C24H21ClF2N4O2. The molecule has 2 aromatic heterocycles. The molecule has 170 valence electrons. The lowest BCUT2D eigenvalue weighted by Crippen LogP contribution is -2.59. The van der Waals surface area contributed by atoms with Crippen molar-refractivity contribution >= 4 is 17.5 Å². The number of ether oxygens (including phenoxy) is 1. The van der Waals surface area contributed by atoms with Crippen LogP contribution in [-0.2, 0) is 0 Å². The summed E-state index contributed by atoms with van der Waals surface area (Å²) in [4.78, 5) is 27.5. The molecule has 2 aliphatic heterocycles. The molecule has 3 unspecified atom stereocenters. The summed E-state index contributed by atoms with van der Waals surface area (Å²) in [6.07, 6.45) is 5.86. The van der Waals surface area contributed by atoms with Crippen LogP contribution in [0, 0.1) is 24.5 Å². The zero-order valence-corrected chi connectivity index (χ0v) is 18.6. The van der Waals surface area contributed by atoms with Crippen LogP contribution in [0.5, 0.6) is 5.88 Å². The minimum absolute atomic E-state index is 0.0374. The Labute approximate surface area is 194 Å². The molecular weight excluding hydrogens is 450 g/mol. The maximum Gasteiger partial charge on any atom is 0.255 e. The molecule has 2 bridgehead atoms. The molecule has 1 aromatic carbocycles. The number of carbonyl (C=O) groups excluding carboxylic acids is 1. The summed E-state index contributed by atoms with van der Waals surface area (Å²) in [5, 5.41) is 0.426. The van der Waals surface area contributed by atoms with Gasteiger partial charge in [0.05, 0.1) is 29.6 Å². The van der Waals surface area contributed by atoms with Crippen molar-refractivity contribution in [3.05, 3.63) is 70.6 Å². The summed E-state index contributed by atoms with van der Waals surface area (Å²) in [5.74, 6) is -1.05. The summed E-state index contributed by atoms with van der Waals surface area (Å²) in [5.41, 5.74) is 1.03. The van der Waals surface area contributed by atoms with Gasteiger partial charge in [0.1, 0.15) is 16.9 Å². The Morgan fingerprint density at radius 2 is 1.94 bits per heavy atom. The molecule has 3 atom stereocenters. The van der Waals surface area contributed by atoms with Gasteiger partial charge in [-0.3, -0.25) is 4.79 Å². The van der Waals surface area contributed by atoms with E-state index in [0.717, 1.165) is 37.2 Å². The first kappa shape index (κ1) is 21.7. The smallest absolute Gasteiger partial charge is 0.255 e. The summed E-state index contributed by atoms with van der Waals surface area (Å²) in [6.45, 7) is 2.45. The predicted octanol–water partition coefficient (Wildman–Crippen LogP) is 4.85. The molecule has 0 spiro atoms. The number of amides is 1. The minimum Gasteiger partial charge on any atom is -0.471 e. The monoisotopic (exact) mass is 470 g/mol. The van der Waals surface area contributed by atoms with E-state index in [1.807, 2.05) is 6.92 Å². The second kappa shape index (κ2) is 8.67. The maximum absolute atomic E-state index is 14.8. The van der Waals surface area contributed by atoms with Gasteiger partial charge in [0.2, 0.25) is 5.88 Å². The van der Waals surface area contributed by atoms with E-state index < -0.39 is 11.6 Å². The number of fused-ring (bicyclic) bond motifs is 3. The zero-order chi connectivity index (χ0) is 23.1. The Morgan fingerprint density at radius 1 is 1.15 bits per heavy atom. The third-order valence-corrected chi connectivity index (χ3v) is 6.55. The van der Waals surface area contributed by atoms with E-state index >= 15 is 0 Å². The van der Waals surface area contributed by atoms with E-state index in [9.17, 15) is 13.6 Å². The van der Waals surface area contributed by atoms with Crippen LogP contribution in [0.4, 0.5) is 8.78 Å². The third kappa shape index (κ3) is 4.15. The second-order valence-corrected chi connectivity index (χ2v) is 8.95. The highest BCUT2D eigenvalue weighted by Crippen LogP contribution is 2.39. The van der Waals surface area contributed by atoms with E-state index in [4.69, 9.17) is 16.3 Å². The van der Waals surface area contributed by atoms with Crippen molar-refractivity contribution in [1.82, 2.24) is 19.9 Å². The molecule has 3 aliphatic rings. The van der Waals surface area contributed by atoms with Crippen LogP contribution in [0.1, 0.15) is 35.2 Å². The molecule has 6 rings (SSSR count). The van der Waals surface area contributed by atoms with E-state index in [1.54, 1.807) is 23.2 Å². The molecule has 9 heteroatoms. The first-order valence-electron chi connectivity index (χ1n) is 10.8. The number of nitrogens with zero attached hydrogens (tertiary/aromatic N) is 4. The van der Waals surface area contributed by atoms with Crippen molar-refractivity contribution in [1.29, 1.82) is 0 Å². The van der Waals surface area contributed by atoms with Gasteiger partial charge in [0.15, 0.2) is 11.6 Å². The van der Waals surface area contributed by atoms with Gasteiger partial charge >= 0.3 is 0 Å². The minimum atomic E-state index is -0.641. The molecule has 2 saturated heterocycles. The normalized spacial score (nSPS) is 21.8. The molecule has 3 fully saturated rings. The van der Waals surface area contributed by atoms with Crippen LogP contribution in [0.2, 0.25) is 5.02 Å². The molecule has 1 aliphatic carbocycles. The van der Waals surface area contributed by atoms with Gasteiger partial charge in [-0.1, -0.05) is 17.7 Å². The van der Waals surface area contributed by atoms with Crippen molar-refractivity contribution in [3.63, 3.8) is 0 Å². The van der Waals surface area contributed by atoms with Gasteiger partial charge in [-0.25, -0.2) is 23.7 Å². The van der Waals surface area contributed by atoms with E-state index in [-0.39, 0.29) is 40.9 Å². The molecule has 6 nitrogen and oxygen atoms in total. The Hall–Kier alpha value is -3.13. The molecule has 0 radical (unpaired) electrons. The van der Waals surface area contributed by atoms with Crippen molar-refractivity contribution in [2.75, 3.05) is 6.54 Å². The topological polar surface area (TPSA) is 68.2 Å². The fourth-order valence-electron chi connectivity index (χ4n) is 4.77. The van der Waals surface area contributed by atoms with Crippen molar-refractivity contribution < 1.29 is 18.3 Å². The van der Waals surface area contributed by atoms with E-state index in [1.165, 1.54) is 12.1 Å². The quantitative estimate of drug-likeness (QED) is 0.545. The van der Waals surface area contributed by atoms with Crippen LogP contribution in [0.3, 0.4) is 0 Å². The first-order valence-corrected chi connectivity index (χ1v) is 11.1. The first-order chi connectivity index (χ1) is 15.9. The average Bonchev–Trinajstić information content (AvgIpc) is 2.81. The largest absolute Gasteiger partial charge is 0.471 e. The van der Waals surface area contributed by atoms with Gasteiger partial charge in [-0.2, -0.15) is 0 Å². The Balaban J connectivity index is 1.46. The zero-order valence-electron chi connectivity index (χ0n) is 17.8. The lowest BCUT2D eigenvalue weighted by molar-refractivity contribution is -0.0313. The van der Waals surface area contributed by atoms with E-state index in [2.05, 4.69) is 15.0 Å². The number of benzene rings is 1. The number of carbonyl (C=O) groups is 1. The van der Waals surface area contributed by atoms with Gasteiger partial charge in [0.25, 0.3) is 5.91 Å². The highest BCUT2D eigenvalue weighted by atomic mass is 35.5. The Bertz CT molecular complexity index is 1210. The number of rotatable bonds is 4. The van der Waals surface area contributed by atoms with Crippen LogP contribution >= 0.6 is 11.6 Å². The number of hydrogen-bond donors (Lipinski definition) is 0. The SMILES string of the molecule is Cc1cnc(OC2CC3CCC2N(C(=O)c2cccc(F)c2-c2ncc(F)cn2)C3)c(Cl)c1. The number of aryl methyl sites for hydroxylation is 1. The molecule has 33 heavy (non-hydrogen) atoms. The van der Waals surface area contributed by atoms with Crippen LogP contribution < -0.4 is 4.74 Å². The van der Waals surface area contributed by atoms with Gasteiger partial charge in [0, 0.05) is 12.7 Å². The van der Waals surface area contributed by atoms with Crippen LogP contribution in [0.25, 0.3) is 11.4 Å². The summed E-state index contributed by atoms with van der Waals surface area (Å²) in [7, 11) is 0. The highest BCUT2D eigenvalue weighted by molar-refractivity contribution is 6.31. The number of aromatic nitrogens is 3. The number of piperidine rings is 2. The standard InChI is InChI=1S/C24H21ClF2N4O2/c1-13-7-17(25)23(30-9-13)33-20-8-14-5-6-19(20)31(12-14)24(32)16-3-2-4-18(27)21(16)22-28-10-15(26)11-29-22/h2-4,7,9-11,14,19-20H,5-6,8,12H2,1H3. The Morgan fingerprint density at radius 3 is 2.67 bits per heavy atom. The number of halogens is 3. The van der Waals surface area contributed by atoms with Crippen molar-refractivity contribution in [2.45, 2.75) is 38.3 Å². The fraction of sp³-hybridized carbons (Fsp3) is 0.333. The lowest BCUT2D eigenvalue weighted by Gasteiger charge is -2.49. The maximum atomic E-state index is 14.8. The third-order valence-electron chi connectivity index (χ3n) is 6.28. The van der Waals surface area contributed by atoms with Crippen molar-refractivity contribution in [3.8, 4) is 17.3 Å². The van der Waals surface area contributed by atoms with E-state index in [0.29, 0.717) is 17.4 Å². The fourth-order valence-corrected chi connectivity index (χ4v) is 5.03. The lowest BCUT2D eigenvalue weighted by atomic mass is 9.77. The molecule has 1 saturated carbocycles. The predicted molar refractivity (Wildman–Crippen MR) is 118 cm³/mol. The molecule has 0 N–H and O–H groups in total. The molecule has 3 aromatic rings. The molecule has 1 amide bonds.